The maximum atomic E-state index is 13.6. The average molecular weight is 231 g/mol. The van der Waals surface area contributed by atoms with Crippen molar-refractivity contribution < 1.29 is 4.39 Å². The van der Waals surface area contributed by atoms with Crippen molar-refractivity contribution in [3.8, 4) is 0 Å². The first kappa shape index (κ1) is 12.2. The summed E-state index contributed by atoms with van der Waals surface area (Å²) in [7, 11) is 0. The number of hydrogen-bond donors (Lipinski definition) is 0. The van der Waals surface area contributed by atoms with Gasteiger partial charge in [0.15, 0.2) is 11.6 Å². The van der Waals surface area contributed by atoms with Gasteiger partial charge in [0.1, 0.15) is 0 Å². The molecular weight excluding hydrogens is 215 g/mol. The van der Waals surface area contributed by atoms with Crippen LogP contribution in [0.5, 0.6) is 0 Å². The van der Waals surface area contributed by atoms with Gasteiger partial charge in [-0.1, -0.05) is 18.5 Å². The second-order valence-electron chi connectivity index (χ2n) is 3.50. The maximum Gasteiger partial charge on any atom is 0.167 e. The predicted octanol–water partition coefficient (Wildman–Crippen LogP) is 3.50. The van der Waals surface area contributed by atoms with Gasteiger partial charge in [0.2, 0.25) is 0 Å². The number of aromatic nitrogens is 1. The molecular formula is C11H16ClFN2. The van der Waals surface area contributed by atoms with E-state index in [4.69, 9.17) is 11.6 Å². The molecule has 0 aliphatic heterocycles. The van der Waals surface area contributed by atoms with E-state index in [2.05, 4.69) is 18.8 Å². The summed E-state index contributed by atoms with van der Waals surface area (Å²) in [6.45, 7) is 6.85. The Bertz CT molecular complexity index is 330. The number of hydrogen-bond acceptors (Lipinski definition) is 2. The standard InChI is InChI=1S/C11H16ClFN2/c1-4-8(3)15(5-2)11-10(13)6-9(12)7-14-11/h6-8H,4-5H2,1-3H3. The molecule has 0 fully saturated rings. The molecule has 0 N–H and O–H groups in total. The van der Waals surface area contributed by atoms with Gasteiger partial charge >= 0.3 is 0 Å². The fraction of sp³-hybridized carbons (Fsp3) is 0.545. The lowest BCUT2D eigenvalue weighted by Crippen LogP contribution is -2.33. The van der Waals surface area contributed by atoms with E-state index in [1.807, 2.05) is 11.8 Å². The van der Waals surface area contributed by atoms with E-state index in [0.717, 1.165) is 13.0 Å². The SMILES string of the molecule is CCC(C)N(CC)c1ncc(Cl)cc1F. The van der Waals surface area contributed by atoms with Crippen LogP contribution in [-0.2, 0) is 0 Å². The monoisotopic (exact) mass is 230 g/mol. The summed E-state index contributed by atoms with van der Waals surface area (Å²) in [5, 5.41) is 0.330. The number of nitrogens with zero attached hydrogens (tertiary/aromatic N) is 2. The topological polar surface area (TPSA) is 16.1 Å². The van der Waals surface area contributed by atoms with Gasteiger partial charge in [-0.05, 0) is 26.3 Å². The molecule has 84 valence electrons. The summed E-state index contributed by atoms with van der Waals surface area (Å²) in [6.07, 6.45) is 2.43. The first-order chi connectivity index (χ1) is 7.10. The van der Waals surface area contributed by atoms with Crippen LogP contribution in [0, 0.1) is 5.82 Å². The van der Waals surface area contributed by atoms with Crippen LogP contribution < -0.4 is 4.90 Å². The summed E-state index contributed by atoms with van der Waals surface area (Å²) < 4.78 is 13.6. The van der Waals surface area contributed by atoms with E-state index in [1.165, 1.54) is 12.3 Å². The summed E-state index contributed by atoms with van der Waals surface area (Å²) in [5.41, 5.74) is 0. The molecule has 1 aromatic heterocycles. The lowest BCUT2D eigenvalue weighted by molar-refractivity contribution is 0.574. The molecule has 0 amide bonds. The van der Waals surface area contributed by atoms with Crippen LogP contribution in [0.1, 0.15) is 27.2 Å². The van der Waals surface area contributed by atoms with Crippen molar-refractivity contribution in [1.29, 1.82) is 0 Å². The van der Waals surface area contributed by atoms with E-state index in [-0.39, 0.29) is 11.9 Å². The lowest BCUT2D eigenvalue weighted by Gasteiger charge is -2.28. The van der Waals surface area contributed by atoms with Crippen LogP contribution >= 0.6 is 11.6 Å². The molecule has 1 rings (SSSR count). The Balaban J connectivity index is 3.01. The third kappa shape index (κ3) is 2.81. The summed E-state index contributed by atoms with van der Waals surface area (Å²) in [6, 6.07) is 1.58. The third-order valence-corrected chi connectivity index (χ3v) is 2.73. The molecule has 1 unspecified atom stereocenters. The Hall–Kier alpha value is -0.830. The summed E-state index contributed by atoms with van der Waals surface area (Å²) in [4.78, 5) is 5.97. The molecule has 0 bridgehead atoms. The zero-order chi connectivity index (χ0) is 11.4. The minimum atomic E-state index is -0.357. The highest BCUT2D eigenvalue weighted by molar-refractivity contribution is 6.30. The number of halogens is 2. The Kier molecular flexibility index (Phi) is 4.33. The van der Waals surface area contributed by atoms with Crippen LogP contribution in [0.15, 0.2) is 12.3 Å². The highest BCUT2D eigenvalue weighted by Gasteiger charge is 2.16. The molecule has 0 spiro atoms. The van der Waals surface area contributed by atoms with Gasteiger partial charge in [-0.2, -0.15) is 0 Å². The first-order valence-corrected chi connectivity index (χ1v) is 5.55. The second-order valence-corrected chi connectivity index (χ2v) is 3.94. The van der Waals surface area contributed by atoms with Gasteiger partial charge in [-0.3, -0.25) is 0 Å². The fourth-order valence-corrected chi connectivity index (χ4v) is 1.65. The fourth-order valence-electron chi connectivity index (χ4n) is 1.51. The Morgan fingerprint density at radius 3 is 2.67 bits per heavy atom. The molecule has 0 saturated carbocycles. The highest BCUT2D eigenvalue weighted by Crippen LogP contribution is 2.21. The largest absolute Gasteiger partial charge is 0.352 e. The molecule has 1 atom stereocenters. The normalized spacial score (nSPS) is 12.6. The van der Waals surface area contributed by atoms with Crippen molar-refractivity contribution in [3.63, 3.8) is 0 Å². The van der Waals surface area contributed by atoms with E-state index in [9.17, 15) is 4.39 Å². The Morgan fingerprint density at radius 1 is 1.53 bits per heavy atom. The van der Waals surface area contributed by atoms with Crippen molar-refractivity contribution in [2.75, 3.05) is 11.4 Å². The van der Waals surface area contributed by atoms with Crippen molar-refractivity contribution in [1.82, 2.24) is 4.98 Å². The van der Waals surface area contributed by atoms with Crippen LogP contribution in [0.3, 0.4) is 0 Å². The van der Waals surface area contributed by atoms with E-state index >= 15 is 0 Å². The molecule has 1 aromatic rings. The molecule has 0 radical (unpaired) electrons. The minimum absolute atomic E-state index is 0.276. The molecule has 0 aliphatic rings. The highest BCUT2D eigenvalue weighted by atomic mass is 35.5. The van der Waals surface area contributed by atoms with Crippen LogP contribution in [-0.4, -0.2) is 17.6 Å². The van der Waals surface area contributed by atoms with Crippen molar-refractivity contribution in [3.05, 3.63) is 23.1 Å². The van der Waals surface area contributed by atoms with Crippen molar-refractivity contribution >= 4 is 17.4 Å². The summed E-state index contributed by atoms with van der Waals surface area (Å²) >= 11 is 5.66. The van der Waals surface area contributed by atoms with E-state index in [1.54, 1.807) is 0 Å². The Labute approximate surface area is 95.1 Å². The van der Waals surface area contributed by atoms with Crippen molar-refractivity contribution in [2.24, 2.45) is 0 Å². The second kappa shape index (κ2) is 5.31. The zero-order valence-corrected chi connectivity index (χ0v) is 10.1. The van der Waals surface area contributed by atoms with Crippen LogP contribution in [0.25, 0.3) is 0 Å². The lowest BCUT2D eigenvalue weighted by atomic mass is 10.2. The quantitative estimate of drug-likeness (QED) is 0.787. The minimum Gasteiger partial charge on any atom is -0.352 e. The Morgan fingerprint density at radius 2 is 2.20 bits per heavy atom. The zero-order valence-electron chi connectivity index (χ0n) is 9.30. The molecule has 1 heterocycles. The molecule has 0 aliphatic carbocycles. The van der Waals surface area contributed by atoms with E-state index in [0.29, 0.717) is 10.8 Å². The number of rotatable bonds is 4. The smallest absolute Gasteiger partial charge is 0.167 e. The molecule has 0 saturated heterocycles. The van der Waals surface area contributed by atoms with Crippen LogP contribution in [0.4, 0.5) is 10.2 Å². The van der Waals surface area contributed by atoms with Gasteiger partial charge in [-0.15, -0.1) is 0 Å². The van der Waals surface area contributed by atoms with Crippen LogP contribution in [0.2, 0.25) is 5.02 Å². The van der Waals surface area contributed by atoms with Gasteiger partial charge in [0, 0.05) is 18.8 Å². The van der Waals surface area contributed by atoms with E-state index < -0.39 is 0 Å². The molecule has 4 heteroatoms. The van der Waals surface area contributed by atoms with Gasteiger partial charge in [0.05, 0.1) is 5.02 Å². The molecule has 15 heavy (non-hydrogen) atoms. The summed E-state index contributed by atoms with van der Waals surface area (Å²) in [5.74, 6) is 0.0286. The molecule has 0 aromatic carbocycles. The van der Waals surface area contributed by atoms with Gasteiger partial charge in [-0.25, -0.2) is 9.37 Å². The maximum absolute atomic E-state index is 13.6. The average Bonchev–Trinajstić information content (AvgIpc) is 2.21. The third-order valence-electron chi connectivity index (χ3n) is 2.52. The first-order valence-electron chi connectivity index (χ1n) is 5.17. The van der Waals surface area contributed by atoms with Gasteiger partial charge in [0.25, 0.3) is 0 Å². The number of anilines is 1. The molecule has 2 nitrogen and oxygen atoms in total. The van der Waals surface area contributed by atoms with Gasteiger partial charge < -0.3 is 4.90 Å². The van der Waals surface area contributed by atoms with Crippen molar-refractivity contribution in [2.45, 2.75) is 33.2 Å². The predicted molar refractivity (Wildman–Crippen MR) is 62.0 cm³/mol. The number of pyridine rings is 1.